The topological polar surface area (TPSA) is 70.2 Å². The van der Waals surface area contributed by atoms with Gasteiger partial charge in [-0.3, -0.25) is 5.10 Å². The van der Waals surface area contributed by atoms with Gasteiger partial charge in [-0.2, -0.15) is 5.10 Å². The Bertz CT molecular complexity index is 994. The zero-order chi connectivity index (χ0) is 19.8. The van der Waals surface area contributed by atoms with E-state index in [2.05, 4.69) is 35.4 Å². The van der Waals surface area contributed by atoms with Crippen LogP contribution in [-0.2, 0) is 0 Å². The molecule has 7 nitrogen and oxygen atoms in total. The van der Waals surface area contributed by atoms with Crippen molar-refractivity contribution in [1.82, 2.24) is 24.5 Å². The van der Waals surface area contributed by atoms with E-state index >= 15 is 0 Å². The van der Waals surface area contributed by atoms with Gasteiger partial charge in [0, 0.05) is 54.6 Å². The summed E-state index contributed by atoms with van der Waals surface area (Å²) in [5.74, 6) is 1.64. The molecule has 0 unspecified atom stereocenters. The van der Waals surface area contributed by atoms with Gasteiger partial charge in [0.1, 0.15) is 11.5 Å². The molecule has 3 aromatic rings. The van der Waals surface area contributed by atoms with Crippen LogP contribution in [0.3, 0.4) is 0 Å². The molecule has 0 amide bonds. The number of H-pyrrole nitrogens is 1. The number of fused-ring (bicyclic) bond motifs is 1. The van der Waals surface area contributed by atoms with Crippen LogP contribution >= 0.6 is 11.9 Å². The van der Waals surface area contributed by atoms with E-state index in [-0.39, 0.29) is 6.10 Å². The largest absolute Gasteiger partial charge is 0.475 e. The fourth-order valence-corrected chi connectivity index (χ4v) is 4.71. The molecule has 2 aliphatic rings. The molecular weight excluding hydrogens is 384 g/mol. The molecule has 152 valence electrons. The van der Waals surface area contributed by atoms with Gasteiger partial charge in [-0.25, -0.2) is 14.3 Å². The molecule has 1 saturated heterocycles. The predicted octanol–water partition coefficient (Wildman–Crippen LogP) is 3.74. The number of rotatable bonds is 6. The lowest BCUT2D eigenvalue weighted by atomic mass is 10.1. The van der Waals surface area contributed by atoms with Crippen molar-refractivity contribution in [3.05, 3.63) is 30.6 Å². The average molecular weight is 411 g/mol. The summed E-state index contributed by atoms with van der Waals surface area (Å²) < 4.78 is 8.28. The number of nitrogens with one attached hydrogen (secondary N) is 1. The molecule has 0 bridgehead atoms. The van der Waals surface area contributed by atoms with Crippen LogP contribution in [0.4, 0.5) is 5.82 Å². The third-order valence-electron chi connectivity index (χ3n) is 5.18. The van der Waals surface area contributed by atoms with Crippen LogP contribution in [0.2, 0.25) is 0 Å². The molecule has 29 heavy (non-hydrogen) atoms. The van der Waals surface area contributed by atoms with E-state index in [1.807, 2.05) is 44.1 Å². The van der Waals surface area contributed by atoms with Gasteiger partial charge in [0.2, 0.25) is 5.88 Å². The van der Waals surface area contributed by atoms with Crippen molar-refractivity contribution in [3.8, 4) is 17.1 Å². The van der Waals surface area contributed by atoms with Crippen LogP contribution in [0.15, 0.2) is 30.6 Å². The second kappa shape index (κ2) is 7.84. The monoisotopic (exact) mass is 410 g/mol. The van der Waals surface area contributed by atoms with E-state index in [4.69, 9.17) is 4.74 Å². The van der Waals surface area contributed by atoms with Crippen LogP contribution in [0, 0.1) is 0 Å². The maximum Gasteiger partial charge on any atom is 0.214 e. The van der Waals surface area contributed by atoms with Crippen LogP contribution in [-0.4, -0.2) is 62.0 Å². The predicted molar refractivity (Wildman–Crippen MR) is 117 cm³/mol. The number of hydrogen-bond donors (Lipinski definition) is 1. The molecule has 5 rings (SSSR count). The molecule has 0 atom stereocenters. The summed E-state index contributed by atoms with van der Waals surface area (Å²) in [6.07, 6.45) is 6.50. The highest BCUT2D eigenvalue weighted by Crippen LogP contribution is 2.37. The summed E-state index contributed by atoms with van der Waals surface area (Å²) in [7, 11) is 0. The van der Waals surface area contributed by atoms with Crippen LogP contribution in [0.5, 0.6) is 5.88 Å². The van der Waals surface area contributed by atoms with Crippen molar-refractivity contribution >= 4 is 28.7 Å². The lowest BCUT2D eigenvalue weighted by molar-refractivity contribution is 0.233. The highest BCUT2D eigenvalue weighted by Gasteiger charge is 2.27. The number of aromatic amines is 1. The van der Waals surface area contributed by atoms with E-state index in [0.717, 1.165) is 59.4 Å². The summed E-state index contributed by atoms with van der Waals surface area (Å²) in [4.78, 5) is 11.4. The number of pyridine rings is 2. The van der Waals surface area contributed by atoms with Crippen molar-refractivity contribution in [2.45, 2.75) is 38.0 Å². The van der Waals surface area contributed by atoms with Crippen LogP contribution in [0.1, 0.15) is 26.7 Å². The van der Waals surface area contributed by atoms with E-state index in [9.17, 15) is 0 Å². The van der Waals surface area contributed by atoms with Crippen molar-refractivity contribution in [2.24, 2.45) is 0 Å². The van der Waals surface area contributed by atoms with Gasteiger partial charge in [-0.05, 0) is 38.8 Å². The first-order valence-corrected chi connectivity index (χ1v) is 11.1. The maximum atomic E-state index is 5.76. The molecule has 0 aromatic carbocycles. The number of nitrogens with zero attached hydrogens (tertiary/aromatic N) is 5. The SMILES string of the molecule is CC(C)Oc1cc2c(-c3ccnc(N4CCN(SC5CC5)CC4)c3)n[nH]c2cn1. The zero-order valence-corrected chi connectivity index (χ0v) is 17.7. The van der Waals surface area contributed by atoms with Crippen molar-refractivity contribution in [3.63, 3.8) is 0 Å². The van der Waals surface area contributed by atoms with E-state index in [1.54, 1.807) is 6.20 Å². The Morgan fingerprint density at radius 2 is 1.97 bits per heavy atom. The molecule has 4 heterocycles. The average Bonchev–Trinajstić information content (AvgIpc) is 3.44. The molecular formula is C21H26N6OS. The number of hydrogen-bond acceptors (Lipinski definition) is 7. The van der Waals surface area contributed by atoms with Gasteiger partial charge in [0.05, 0.1) is 17.8 Å². The second-order valence-electron chi connectivity index (χ2n) is 7.93. The number of anilines is 1. The molecule has 2 fully saturated rings. The summed E-state index contributed by atoms with van der Waals surface area (Å²) >= 11 is 2.05. The first-order chi connectivity index (χ1) is 14.2. The quantitative estimate of drug-likeness (QED) is 0.621. The van der Waals surface area contributed by atoms with Crippen molar-refractivity contribution in [1.29, 1.82) is 0 Å². The maximum absolute atomic E-state index is 5.76. The molecule has 0 radical (unpaired) electrons. The van der Waals surface area contributed by atoms with Gasteiger partial charge < -0.3 is 9.64 Å². The summed E-state index contributed by atoms with van der Waals surface area (Å²) in [5.41, 5.74) is 2.86. The Kier molecular flexibility index (Phi) is 5.05. The Labute approximate surface area is 175 Å². The summed E-state index contributed by atoms with van der Waals surface area (Å²) in [6.45, 7) is 8.18. The van der Waals surface area contributed by atoms with E-state index in [1.165, 1.54) is 12.8 Å². The van der Waals surface area contributed by atoms with E-state index in [0.29, 0.717) is 5.88 Å². The van der Waals surface area contributed by atoms with Gasteiger partial charge in [0.15, 0.2) is 0 Å². The molecule has 8 heteroatoms. The zero-order valence-electron chi connectivity index (χ0n) is 16.8. The Morgan fingerprint density at radius 3 is 2.72 bits per heavy atom. The fraction of sp³-hybridized carbons (Fsp3) is 0.476. The number of ether oxygens (including phenoxy) is 1. The third kappa shape index (κ3) is 4.18. The first kappa shape index (κ1) is 18.7. The highest BCUT2D eigenvalue weighted by atomic mass is 32.2. The van der Waals surface area contributed by atoms with E-state index < -0.39 is 0 Å². The Hall–Kier alpha value is -2.32. The number of aromatic nitrogens is 4. The Balaban J connectivity index is 1.37. The highest BCUT2D eigenvalue weighted by molar-refractivity contribution is 7.97. The van der Waals surface area contributed by atoms with Gasteiger partial charge in [-0.1, -0.05) is 11.9 Å². The van der Waals surface area contributed by atoms with Gasteiger partial charge in [-0.15, -0.1) is 0 Å². The van der Waals surface area contributed by atoms with Crippen LogP contribution in [0.25, 0.3) is 22.2 Å². The summed E-state index contributed by atoms with van der Waals surface area (Å²) in [5, 5.41) is 9.51. The molecule has 0 spiro atoms. The molecule has 1 saturated carbocycles. The third-order valence-corrected chi connectivity index (χ3v) is 6.62. The lowest BCUT2D eigenvalue weighted by Crippen LogP contribution is -2.44. The summed E-state index contributed by atoms with van der Waals surface area (Å²) in [6, 6.07) is 6.12. The lowest BCUT2D eigenvalue weighted by Gasteiger charge is -2.34. The molecule has 1 aliphatic heterocycles. The normalized spacial score (nSPS) is 18.0. The minimum atomic E-state index is 0.0829. The Morgan fingerprint density at radius 1 is 1.14 bits per heavy atom. The number of piperazine rings is 1. The van der Waals surface area contributed by atoms with Crippen molar-refractivity contribution < 1.29 is 4.74 Å². The molecule has 1 N–H and O–H groups in total. The van der Waals surface area contributed by atoms with Crippen LogP contribution < -0.4 is 9.64 Å². The standard InChI is InChI=1S/C21H26N6OS/c1-14(2)28-20-12-17-18(13-23-20)24-25-21(17)15-5-6-22-19(11-15)26-7-9-27(10-8-26)29-16-3-4-16/h5-6,11-14,16H,3-4,7-10H2,1-2H3,(H,24,25). The van der Waals surface area contributed by atoms with Crippen molar-refractivity contribution in [2.75, 3.05) is 31.1 Å². The minimum Gasteiger partial charge on any atom is -0.475 e. The minimum absolute atomic E-state index is 0.0829. The second-order valence-corrected chi connectivity index (χ2v) is 9.32. The van der Waals surface area contributed by atoms with Gasteiger partial charge >= 0.3 is 0 Å². The van der Waals surface area contributed by atoms with Gasteiger partial charge in [0.25, 0.3) is 0 Å². The molecule has 3 aromatic heterocycles. The molecule has 1 aliphatic carbocycles. The fourth-order valence-electron chi connectivity index (χ4n) is 3.57. The smallest absolute Gasteiger partial charge is 0.214 e. The first-order valence-electron chi connectivity index (χ1n) is 10.3.